The Bertz CT molecular complexity index is 405. The topological polar surface area (TPSA) is 115 Å². The van der Waals surface area contributed by atoms with E-state index in [0.717, 1.165) is 32.1 Å². The SMILES string of the molecule is CCCCCCCCC(=O)C(CCC(=O)O)S(N)(=O)=O. The lowest BCUT2D eigenvalue weighted by Gasteiger charge is -2.12. The van der Waals surface area contributed by atoms with Gasteiger partial charge in [-0.2, -0.15) is 0 Å². The largest absolute Gasteiger partial charge is 0.481 e. The third-order valence-electron chi connectivity index (χ3n) is 3.15. The minimum Gasteiger partial charge on any atom is -0.481 e. The van der Waals surface area contributed by atoms with Crippen LogP contribution in [0.2, 0.25) is 0 Å². The van der Waals surface area contributed by atoms with E-state index in [2.05, 4.69) is 6.92 Å². The summed E-state index contributed by atoms with van der Waals surface area (Å²) in [5.74, 6) is -1.60. The van der Waals surface area contributed by atoms with Gasteiger partial charge >= 0.3 is 5.97 Å². The zero-order valence-corrected chi connectivity index (χ0v) is 12.8. The number of rotatable bonds is 12. The number of carboxylic acids is 1. The molecule has 1 atom stereocenters. The van der Waals surface area contributed by atoms with Crippen molar-refractivity contribution in [2.24, 2.45) is 5.14 Å². The molecule has 0 spiro atoms. The average Bonchev–Trinajstić information content (AvgIpc) is 2.31. The molecule has 0 aliphatic carbocycles. The Balaban J connectivity index is 4.19. The van der Waals surface area contributed by atoms with Crippen molar-refractivity contribution in [3.63, 3.8) is 0 Å². The van der Waals surface area contributed by atoms with E-state index in [1.807, 2.05) is 0 Å². The molecule has 0 bridgehead atoms. The van der Waals surface area contributed by atoms with Gasteiger partial charge in [-0.25, -0.2) is 13.6 Å². The van der Waals surface area contributed by atoms with Crippen molar-refractivity contribution in [1.82, 2.24) is 0 Å². The van der Waals surface area contributed by atoms with Crippen molar-refractivity contribution in [1.29, 1.82) is 0 Å². The first-order chi connectivity index (χ1) is 9.29. The maximum atomic E-state index is 11.8. The van der Waals surface area contributed by atoms with Gasteiger partial charge in [0.05, 0.1) is 0 Å². The second-order valence-electron chi connectivity index (χ2n) is 4.99. The number of ketones is 1. The van der Waals surface area contributed by atoms with Crippen LogP contribution in [0.4, 0.5) is 0 Å². The van der Waals surface area contributed by atoms with Gasteiger partial charge in [0.2, 0.25) is 10.0 Å². The van der Waals surface area contributed by atoms with Gasteiger partial charge in [0.1, 0.15) is 5.25 Å². The molecule has 0 fully saturated rings. The fourth-order valence-corrected chi connectivity index (χ4v) is 2.93. The molecule has 118 valence electrons. The Morgan fingerprint density at radius 3 is 2.10 bits per heavy atom. The van der Waals surface area contributed by atoms with Crippen molar-refractivity contribution in [2.75, 3.05) is 0 Å². The summed E-state index contributed by atoms with van der Waals surface area (Å²) in [6, 6.07) is 0. The quantitative estimate of drug-likeness (QED) is 0.534. The molecule has 0 saturated carbocycles. The minimum absolute atomic E-state index is 0.146. The molecule has 0 radical (unpaired) electrons. The highest BCUT2D eigenvalue weighted by Gasteiger charge is 2.29. The van der Waals surface area contributed by atoms with Gasteiger partial charge in [0.25, 0.3) is 0 Å². The number of Topliss-reactive ketones (excluding diaryl/α,β-unsaturated/α-hetero) is 1. The van der Waals surface area contributed by atoms with Gasteiger partial charge in [0, 0.05) is 12.8 Å². The number of nitrogens with two attached hydrogens (primary N) is 1. The summed E-state index contributed by atoms with van der Waals surface area (Å²) in [7, 11) is -4.02. The summed E-state index contributed by atoms with van der Waals surface area (Å²) in [6.45, 7) is 2.11. The lowest BCUT2D eigenvalue weighted by Crippen LogP contribution is -2.36. The van der Waals surface area contributed by atoms with Crippen molar-refractivity contribution < 1.29 is 23.1 Å². The van der Waals surface area contributed by atoms with Crippen LogP contribution in [0.1, 0.15) is 64.7 Å². The van der Waals surface area contributed by atoms with Gasteiger partial charge in [-0.05, 0) is 12.8 Å². The molecule has 0 aromatic heterocycles. The zero-order valence-electron chi connectivity index (χ0n) is 12.0. The van der Waals surface area contributed by atoms with E-state index in [9.17, 15) is 18.0 Å². The highest BCUT2D eigenvalue weighted by atomic mass is 32.2. The molecule has 0 aliphatic heterocycles. The number of hydrogen-bond donors (Lipinski definition) is 2. The molecule has 7 heteroatoms. The number of aliphatic carboxylic acids is 1. The molecule has 0 heterocycles. The second kappa shape index (κ2) is 9.88. The van der Waals surface area contributed by atoms with Gasteiger partial charge in [0.15, 0.2) is 5.78 Å². The van der Waals surface area contributed by atoms with Crippen LogP contribution in [-0.4, -0.2) is 30.5 Å². The van der Waals surface area contributed by atoms with Crippen molar-refractivity contribution >= 4 is 21.8 Å². The molecular weight excluding hydrogens is 282 g/mol. The molecule has 0 rings (SSSR count). The third-order valence-corrected chi connectivity index (χ3v) is 4.44. The molecule has 0 saturated heterocycles. The number of hydrogen-bond acceptors (Lipinski definition) is 4. The van der Waals surface area contributed by atoms with Crippen LogP contribution in [0.15, 0.2) is 0 Å². The lowest BCUT2D eigenvalue weighted by molar-refractivity contribution is -0.137. The van der Waals surface area contributed by atoms with Crippen molar-refractivity contribution in [2.45, 2.75) is 70.0 Å². The van der Waals surface area contributed by atoms with E-state index in [1.54, 1.807) is 0 Å². The number of primary sulfonamides is 1. The molecule has 0 aliphatic rings. The highest BCUT2D eigenvalue weighted by Crippen LogP contribution is 2.13. The van der Waals surface area contributed by atoms with Crippen LogP contribution < -0.4 is 5.14 Å². The molecule has 3 N–H and O–H groups in total. The number of carbonyl (C=O) groups excluding carboxylic acids is 1. The summed E-state index contributed by atoms with van der Waals surface area (Å²) in [6.07, 6.45) is 5.47. The smallest absolute Gasteiger partial charge is 0.303 e. The van der Waals surface area contributed by atoms with Crippen LogP contribution in [-0.2, 0) is 19.6 Å². The number of carboxylic acid groups (broad SMARTS) is 1. The number of carbonyl (C=O) groups is 2. The predicted molar refractivity (Wildman–Crippen MR) is 76.8 cm³/mol. The minimum atomic E-state index is -4.02. The summed E-state index contributed by atoms with van der Waals surface area (Å²) < 4.78 is 22.6. The molecule has 20 heavy (non-hydrogen) atoms. The van der Waals surface area contributed by atoms with Crippen LogP contribution >= 0.6 is 0 Å². The van der Waals surface area contributed by atoms with Crippen LogP contribution in [0, 0.1) is 0 Å². The van der Waals surface area contributed by atoms with Crippen molar-refractivity contribution in [3.05, 3.63) is 0 Å². The molecule has 1 unspecified atom stereocenters. The van der Waals surface area contributed by atoms with Gasteiger partial charge in [-0.15, -0.1) is 0 Å². The van der Waals surface area contributed by atoms with E-state index in [-0.39, 0.29) is 19.3 Å². The lowest BCUT2D eigenvalue weighted by atomic mass is 10.0. The van der Waals surface area contributed by atoms with Crippen LogP contribution in [0.3, 0.4) is 0 Å². The summed E-state index contributed by atoms with van der Waals surface area (Å²) >= 11 is 0. The number of sulfonamides is 1. The summed E-state index contributed by atoms with van der Waals surface area (Å²) in [5, 5.41) is 12.2. The summed E-state index contributed by atoms with van der Waals surface area (Å²) in [4.78, 5) is 22.3. The molecule has 6 nitrogen and oxygen atoms in total. The van der Waals surface area contributed by atoms with Crippen LogP contribution in [0.5, 0.6) is 0 Å². The molecule has 0 aromatic rings. The average molecular weight is 307 g/mol. The number of unbranched alkanes of at least 4 members (excludes halogenated alkanes) is 5. The first-order valence-electron chi connectivity index (χ1n) is 7.05. The van der Waals surface area contributed by atoms with Gasteiger partial charge in [-0.3, -0.25) is 9.59 Å². The fraction of sp³-hybridized carbons (Fsp3) is 0.846. The molecular formula is C13H25NO5S. The third kappa shape index (κ3) is 9.03. The van der Waals surface area contributed by atoms with E-state index in [1.165, 1.54) is 0 Å². The standard InChI is InChI=1S/C13H25NO5S/c1-2-3-4-5-6-7-8-11(15)12(20(14,18)19)9-10-13(16)17/h12H,2-10H2,1H3,(H,16,17)(H2,14,18,19). The van der Waals surface area contributed by atoms with E-state index in [0.29, 0.717) is 6.42 Å². The zero-order chi connectivity index (χ0) is 15.6. The van der Waals surface area contributed by atoms with Crippen molar-refractivity contribution in [3.8, 4) is 0 Å². The van der Waals surface area contributed by atoms with E-state index in [4.69, 9.17) is 10.2 Å². The van der Waals surface area contributed by atoms with E-state index < -0.39 is 27.0 Å². The first kappa shape index (κ1) is 19.1. The highest BCUT2D eigenvalue weighted by molar-refractivity contribution is 7.90. The fourth-order valence-electron chi connectivity index (χ4n) is 2.00. The first-order valence-corrected chi connectivity index (χ1v) is 8.66. The Labute approximate surface area is 120 Å². The normalized spacial score (nSPS) is 13.1. The summed E-state index contributed by atoms with van der Waals surface area (Å²) in [5.41, 5.74) is 0. The van der Waals surface area contributed by atoms with Gasteiger partial charge < -0.3 is 5.11 Å². The maximum absolute atomic E-state index is 11.8. The Morgan fingerprint density at radius 2 is 1.60 bits per heavy atom. The molecule has 0 amide bonds. The van der Waals surface area contributed by atoms with Gasteiger partial charge in [-0.1, -0.05) is 39.0 Å². The maximum Gasteiger partial charge on any atom is 0.303 e. The monoisotopic (exact) mass is 307 g/mol. The Kier molecular flexibility index (Phi) is 9.41. The molecule has 0 aromatic carbocycles. The Hall–Kier alpha value is -0.950. The predicted octanol–water partition coefficient (Wildman–Crippen LogP) is 1.83. The van der Waals surface area contributed by atoms with E-state index >= 15 is 0 Å². The van der Waals surface area contributed by atoms with Crippen LogP contribution in [0.25, 0.3) is 0 Å². The Morgan fingerprint density at radius 1 is 1.05 bits per heavy atom. The second-order valence-corrected chi connectivity index (χ2v) is 6.74.